The van der Waals surface area contributed by atoms with E-state index in [0.29, 0.717) is 10.5 Å². The lowest BCUT2D eigenvalue weighted by atomic mass is 10.2. The van der Waals surface area contributed by atoms with Crippen LogP contribution in [0.15, 0.2) is 30.3 Å². The average molecular weight is 450 g/mol. The van der Waals surface area contributed by atoms with E-state index >= 15 is 0 Å². The van der Waals surface area contributed by atoms with Gasteiger partial charge in [-0.25, -0.2) is 14.4 Å². The van der Waals surface area contributed by atoms with Crippen LogP contribution in [0, 0.1) is 0 Å². The zero-order valence-corrected chi connectivity index (χ0v) is 16.9. The standard InChI is InChI=1S/C19H22N4O9/c24-14(9-23-15(25)10-22(19(23)31)7-6-16(26)27)20-8-13(17(28)29)21-18(30)32-11-12-4-2-1-3-5-12/h1-5,13H,6-11H2,(H,20,24)(H,21,30)(H,26,27)(H,28,29)/t13-/m0/s1. The number of hydrogen-bond acceptors (Lipinski definition) is 7. The minimum absolute atomic E-state index is 0.0804. The quantitative estimate of drug-likeness (QED) is 0.314. The van der Waals surface area contributed by atoms with Gasteiger partial charge in [-0.1, -0.05) is 30.3 Å². The Bertz CT molecular complexity index is 890. The number of imide groups is 1. The molecule has 0 spiro atoms. The first kappa shape index (κ1) is 24.1. The van der Waals surface area contributed by atoms with E-state index in [9.17, 15) is 33.9 Å². The molecule has 1 aromatic carbocycles. The van der Waals surface area contributed by atoms with Gasteiger partial charge in [0.25, 0.3) is 5.91 Å². The van der Waals surface area contributed by atoms with Gasteiger partial charge in [-0.3, -0.25) is 19.3 Å². The number of alkyl carbamates (subject to hydrolysis) is 1. The second kappa shape index (κ2) is 11.3. The fourth-order valence-corrected chi connectivity index (χ4v) is 2.68. The molecular weight excluding hydrogens is 428 g/mol. The highest BCUT2D eigenvalue weighted by Gasteiger charge is 2.37. The van der Waals surface area contributed by atoms with Crippen molar-refractivity contribution in [2.24, 2.45) is 0 Å². The second-order valence-electron chi connectivity index (χ2n) is 6.73. The van der Waals surface area contributed by atoms with Crippen molar-refractivity contribution in [3.05, 3.63) is 35.9 Å². The second-order valence-corrected chi connectivity index (χ2v) is 6.73. The van der Waals surface area contributed by atoms with E-state index in [1.807, 2.05) is 0 Å². The van der Waals surface area contributed by atoms with Crippen LogP contribution in [-0.2, 0) is 30.5 Å². The molecule has 172 valence electrons. The van der Waals surface area contributed by atoms with Gasteiger partial charge in [0.1, 0.15) is 25.7 Å². The Morgan fingerprint density at radius 3 is 2.41 bits per heavy atom. The lowest BCUT2D eigenvalue weighted by molar-refractivity contribution is -0.139. The molecule has 0 radical (unpaired) electrons. The van der Waals surface area contributed by atoms with E-state index in [4.69, 9.17) is 9.84 Å². The van der Waals surface area contributed by atoms with Crippen molar-refractivity contribution in [3.63, 3.8) is 0 Å². The molecule has 1 fully saturated rings. The third kappa shape index (κ3) is 7.27. The van der Waals surface area contributed by atoms with Crippen molar-refractivity contribution < 1.29 is 43.7 Å². The Hall–Kier alpha value is -4.16. The minimum Gasteiger partial charge on any atom is -0.481 e. The molecule has 0 aromatic heterocycles. The molecule has 0 bridgehead atoms. The summed E-state index contributed by atoms with van der Waals surface area (Å²) in [5.74, 6) is -4.10. The zero-order valence-electron chi connectivity index (χ0n) is 16.9. The molecule has 32 heavy (non-hydrogen) atoms. The van der Waals surface area contributed by atoms with Gasteiger partial charge in [0.15, 0.2) is 0 Å². The number of hydrogen-bond donors (Lipinski definition) is 4. The molecule has 13 nitrogen and oxygen atoms in total. The summed E-state index contributed by atoms with van der Waals surface area (Å²) in [4.78, 5) is 71.6. The van der Waals surface area contributed by atoms with Gasteiger partial charge in [-0.15, -0.1) is 0 Å². The number of carboxylic acids is 2. The minimum atomic E-state index is -1.51. The third-order valence-corrected chi connectivity index (χ3v) is 4.33. The van der Waals surface area contributed by atoms with Crippen LogP contribution < -0.4 is 10.6 Å². The molecule has 1 aliphatic rings. The molecule has 1 aliphatic heterocycles. The molecule has 1 heterocycles. The lowest BCUT2D eigenvalue weighted by Crippen LogP contribution is -2.50. The molecule has 0 aliphatic carbocycles. The van der Waals surface area contributed by atoms with Crippen molar-refractivity contribution in [3.8, 4) is 0 Å². The predicted octanol–water partition coefficient (Wildman–Crippen LogP) is -0.779. The number of ether oxygens (including phenoxy) is 1. The van der Waals surface area contributed by atoms with Crippen LogP contribution >= 0.6 is 0 Å². The molecule has 0 unspecified atom stereocenters. The highest BCUT2D eigenvalue weighted by atomic mass is 16.5. The summed E-state index contributed by atoms with van der Waals surface area (Å²) in [5.41, 5.74) is 0.695. The molecule has 4 N–H and O–H groups in total. The molecular formula is C19H22N4O9. The molecule has 1 saturated heterocycles. The number of carbonyl (C=O) groups is 6. The fourth-order valence-electron chi connectivity index (χ4n) is 2.68. The SMILES string of the molecule is O=C(O)CCN1CC(=O)N(CC(=O)NC[C@H](NC(=O)OCc2ccccc2)C(=O)O)C1=O. The number of carboxylic acid groups (broad SMARTS) is 2. The van der Waals surface area contributed by atoms with E-state index in [1.165, 1.54) is 0 Å². The highest BCUT2D eigenvalue weighted by Crippen LogP contribution is 2.10. The Morgan fingerprint density at radius 2 is 1.78 bits per heavy atom. The lowest BCUT2D eigenvalue weighted by Gasteiger charge is -2.18. The maximum Gasteiger partial charge on any atom is 0.408 e. The van der Waals surface area contributed by atoms with Crippen LogP contribution in [0.1, 0.15) is 12.0 Å². The topological polar surface area (TPSA) is 183 Å². The maximum absolute atomic E-state index is 12.1. The zero-order chi connectivity index (χ0) is 23.7. The first-order valence-electron chi connectivity index (χ1n) is 9.45. The summed E-state index contributed by atoms with van der Waals surface area (Å²) in [6.45, 7) is -1.82. The van der Waals surface area contributed by atoms with Gasteiger partial charge in [0.05, 0.1) is 6.42 Å². The molecule has 0 saturated carbocycles. The Balaban J connectivity index is 1.80. The summed E-state index contributed by atoms with van der Waals surface area (Å²) in [6.07, 6.45) is -1.36. The van der Waals surface area contributed by atoms with Gasteiger partial charge >= 0.3 is 24.1 Å². The number of urea groups is 1. The Labute approximate surface area is 181 Å². The first-order chi connectivity index (χ1) is 15.2. The number of carbonyl (C=O) groups excluding carboxylic acids is 4. The molecule has 1 atom stereocenters. The Morgan fingerprint density at radius 1 is 1.09 bits per heavy atom. The van der Waals surface area contributed by atoms with Crippen LogP contribution in [0.2, 0.25) is 0 Å². The van der Waals surface area contributed by atoms with Gasteiger partial charge in [0, 0.05) is 13.1 Å². The summed E-state index contributed by atoms with van der Waals surface area (Å²) in [6, 6.07) is 6.37. The molecule has 2 rings (SSSR count). The van der Waals surface area contributed by atoms with E-state index in [2.05, 4.69) is 10.6 Å². The van der Waals surface area contributed by atoms with Crippen LogP contribution in [-0.4, -0.2) is 88.1 Å². The van der Waals surface area contributed by atoms with Crippen LogP contribution in [0.3, 0.4) is 0 Å². The van der Waals surface area contributed by atoms with Crippen molar-refractivity contribution >= 4 is 35.9 Å². The predicted molar refractivity (Wildman–Crippen MR) is 105 cm³/mol. The number of rotatable bonds is 11. The first-order valence-corrected chi connectivity index (χ1v) is 9.45. The van der Waals surface area contributed by atoms with Crippen LogP contribution in [0.25, 0.3) is 0 Å². The third-order valence-electron chi connectivity index (χ3n) is 4.33. The number of amides is 5. The van der Waals surface area contributed by atoms with Gasteiger partial charge in [-0.05, 0) is 5.56 Å². The normalized spacial score (nSPS) is 14.1. The van der Waals surface area contributed by atoms with Gasteiger partial charge in [0.2, 0.25) is 5.91 Å². The van der Waals surface area contributed by atoms with E-state index < -0.39 is 55.0 Å². The van der Waals surface area contributed by atoms with Crippen molar-refractivity contribution in [1.29, 1.82) is 0 Å². The number of aliphatic carboxylic acids is 2. The fraction of sp³-hybridized carbons (Fsp3) is 0.368. The maximum atomic E-state index is 12.1. The van der Waals surface area contributed by atoms with Crippen LogP contribution in [0.4, 0.5) is 9.59 Å². The van der Waals surface area contributed by atoms with Gasteiger partial charge < -0.3 is 30.5 Å². The van der Waals surface area contributed by atoms with Gasteiger partial charge in [-0.2, -0.15) is 0 Å². The summed E-state index contributed by atoms with van der Waals surface area (Å²) < 4.78 is 4.93. The number of benzene rings is 1. The van der Waals surface area contributed by atoms with Crippen molar-refractivity contribution in [2.75, 3.05) is 26.2 Å². The largest absolute Gasteiger partial charge is 0.481 e. The summed E-state index contributed by atoms with van der Waals surface area (Å²) >= 11 is 0. The summed E-state index contributed by atoms with van der Waals surface area (Å²) in [5, 5.41) is 22.2. The van der Waals surface area contributed by atoms with E-state index in [-0.39, 0.29) is 26.1 Å². The molecule has 1 aromatic rings. The highest BCUT2D eigenvalue weighted by molar-refractivity contribution is 6.04. The monoisotopic (exact) mass is 450 g/mol. The van der Waals surface area contributed by atoms with Crippen molar-refractivity contribution in [1.82, 2.24) is 20.4 Å². The molecule has 5 amide bonds. The van der Waals surface area contributed by atoms with Crippen molar-refractivity contribution in [2.45, 2.75) is 19.1 Å². The smallest absolute Gasteiger partial charge is 0.408 e. The summed E-state index contributed by atoms with van der Waals surface area (Å²) in [7, 11) is 0. The average Bonchev–Trinajstić information content (AvgIpc) is 3.01. The Kier molecular flexibility index (Phi) is 8.51. The van der Waals surface area contributed by atoms with Crippen LogP contribution in [0.5, 0.6) is 0 Å². The van der Waals surface area contributed by atoms with E-state index in [1.54, 1.807) is 30.3 Å². The molecule has 13 heteroatoms. The van der Waals surface area contributed by atoms with E-state index in [0.717, 1.165) is 4.90 Å². The number of nitrogens with zero attached hydrogens (tertiary/aromatic N) is 2. The number of nitrogens with one attached hydrogen (secondary N) is 2.